The minimum absolute atomic E-state index is 0.848. The van der Waals surface area contributed by atoms with E-state index in [1.54, 1.807) is 0 Å². The van der Waals surface area contributed by atoms with E-state index in [0.717, 1.165) is 18.0 Å². The Hall–Kier alpha value is -0.0400. The zero-order valence-electron chi connectivity index (χ0n) is 9.13. The number of fused-ring (bicyclic) bond motifs is 2. The molecule has 76 valence electrons. The summed E-state index contributed by atoms with van der Waals surface area (Å²) in [7, 11) is 0. The largest absolute Gasteiger partial charge is 0.297 e. The molecule has 0 aromatic rings. The normalized spacial score (nSPS) is 35.3. The van der Waals surface area contributed by atoms with E-state index in [0.29, 0.717) is 0 Å². The second kappa shape index (κ2) is 4.00. The van der Waals surface area contributed by atoms with E-state index in [2.05, 4.69) is 18.7 Å². The first-order valence-electron chi connectivity index (χ1n) is 6.03. The van der Waals surface area contributed by atoms with Gasteiger partial charge in [0.15, 0.2) is 0 Å². The second-order valence-corrected chi connectivity index (χ2v) is 5.26. The van der Waals surface area contributed by atoms with Gasteiger partial charge in [-0.2, -0.15) is 0 Å². The lowest BCUT2D eigenvalue weighted by Gasteiger charge is -2.47. The number of hydrogen-bond acceptors (Lipinski definition) is 1. The van der Waals surface area contributed by atoms with Gasteiger partial charge >= 0.3 is 0 Å². The van der Waals surface area contributed by atoms with Crippen molar-refractivity contribution < 1.29 is 0 Å². The molecule has 13 heavy (non-hydrogen) atoms. The molecular weight excluding hydrogens is 158 g/mol. The van der Waals surface area contributed by atoms with Crippen molar-refractivity contribution in [3.05, 3.63) is 0 Å². The Labute approximate surface area is 82.5 Å². The summed E-state index contributed by atoms with van der Waals surface area (Å²) in [5.41, 5.74) is 0. The molecule has 0 amide bonds. The number of piperidine rings is 2. The SMILES string of the molecule is CC(C)CN1C2CCCC1CCC2. The van der Waals surface area contributed by atoms with Crippen LogP contribution in [0.1, 0.15) is 52.4 Å². The summed E-state index contributed by atoms with van der Waals surface area (Å²) in [5.74, 6) is 0.848. The topological polar surface area (TPSA) is 3.24 Å². The molecule has 2 fully saturated rings. The van der Waals surface area contributed by atoms with Gasteiger partial charge in [-0.3, -0.25) is 4.90 Å². The van der Waals surface area contributed by atoms with Gasteiger partial charge < -0.3 is 0 Å². The van der Waals surface area contributed by atoms with Crippen molar-refractivity contribution in [2.24, 2.45) is 5.92 Å². The van der Waals surface area contributed by atoms with Crippen molar-refractivity contribution in [1.82, 2.24) is 4.90 Å². The van der Waals surface area contributed by atoms with E-state index in [4.69, 9.17) is 0 Å². The van der Waals surface area contributed by atoms with Gasteiger partial charge in [-0.25, -0.2) is 0 Å². The molecule has 0 aromatic heterocycles. The molecular formula is C12H23N. The van der Waals surface area contributed by atoms with Crippen molar-refractivity contribution >= 4 is 0 Å². The molecule has 0 aliphatic carbocycles. The van der Waals surface area contributed by atoms with Gasteiger partial charge in [0.05, 0.1) is 0 Å². The highest BCUT2D eigenvalue weighted by Crippen LogP contribution is 2.34. The van der Waals surface area contributed by atoms with E-state index < -0.39 is 0 Å². The molecule has 0 aromatic carbocycles. The van der Waals surface area contributed by atoms with Gasteiger partial charge in [0.1, 0.15) is 0 Å². The molecule has 2 aliphatic heterocycles. The summed E-state index contributed by atoms with van der Waals surface area (Å²) < 4.78 is 0. The predicted molar refractivity (Wildman–Crippen MR) is 56.8 cm³/mol. The summed E-state index contributed by atoms with van der Waals surface area (Å²) >= 11 is 0. The zero-order valence-corrected chi connectivity index (χ0v) is 9.13. The van der Waals surface area contributed by atoms with Gasteiger partial charge in [0.25, 0.3) is 0 Å². The highest BCUT2D eigenvalue weighted by molar-refractivity contribution is 4.89. The molecule has 0 N–H and O–H groups in total. The van der Waals surface area contributed by atoms with Crippen molar-refractivity contribution in [2.75, 3.05) is 6.54 Å². The Morgan fingerprint density at radius 3 is 1.85 bits per heavy atom. The molecule has 2 aliphatic rings. The van der Waals surface area contributed by atoms with Crippen molar-refractivity contribution in [1.29, 1.82) is 0 Å². The Bertz CT molecular complexity index is 143. The van der Waals surface area contributed by atoms with Crippen LogP contribution in [0.25, 0.3) is 0 Å². The highest BCUT2D eigenvalue weighted by Gasteiger charge is 2.33. The molecule has 1 heteroatoms. The van der Waals surface area contributed by atoms with Crippen molar-refractivity contribution in [3.8, 4) is 0 Å². The standard InChI is InChI=1S/C12H23N/c1-10(2)9-13-11-5-3-6-12(13)8-4-7-11/h10-12H,3-9H2,1-2H3. The molecule has 2 heterocycles. The number of hydrogen-bond donors (Lipinski definition) is 0. The molecule has 0 atom stereocenters. The lowest BCUT2D eigenvalue weighted by atomic mass is 9.84. The minimum atomic E-state index is 0.848. The van der Waals surface area contributed by atoms with Gasteiger partial charge in [-0.15, -0.1) is 0 Å². The van der Waals surface area contributed by atoms with Crippen molar-refractivity contribution in [3.63, 3.8) is 0 Å². The Kier molecular flexibility index (Phi) is 2.92. The third-order valence-electron chi connectivity index (χ3n) is 3.66. The monoisotopic (exact) mass is 181 g/mol. The van der Waals surface area contributed by atoms with Crippen LogP contribution < -0.4 is 0 Å². The molecule has 1 nitrogen and oxygen atoms in total. The summed E-state index contributed by atoms with van der Waals surface area (Å²) in [6.45, 7) is 6.05. The van der Waals surface area contributed by atoms with E-state index in [1.807, 2.05) is 0 Å². The molecule has 0 spiro atoms. The first-order chi connectivity index (χ1) is 6.27. The third-order valence-corrected chi connectivity index (χ3v) is 3.66. The maximum atomic E-state index is 2.82. The van der Waals surface area contributed by atoms with Crippen molar-refractivity contribution in [2.45, 2.75) is 64.5 Å². The van der Waals surface area contributed by atoms with Crippen LogP contribution >= 0.6 is 0 Å². The Morgan fingerprint density at radius 1 is 1.00 bits per heavy atom. The van der Waals surface area contributed by atoms with E-state index in [9.17, 15) is 0 Å². The molecule has 0 saturated carbocycles. The molecule has 0 radical (unpaired) electrons. The smallest absolute Gasteiger partial charge is 0.00983 e. The van der Waals surface area contributed by atoms with E-state index >= 15 is 0 Å². The fraction of sp³-hybridized carbons (Fsp3) is 1.00. The fourth-order valence-electron chi connectivity index (χ4n) is 3.15. The third kappa shape index (κ3) is 2.07. The van der Waals surface area contributed by atoms with E-state index in [-0.39, 0.29) is 0 Å². The van der Waals surface area contributed by atoms with E-state index in [1.165, 1.54) is 45.1 Å². The van der Waals surface area contributed by atoms with Gasteiger partial charge in [-0.1, -0.05) is 26.7 Å². The number of nitrogens with zero attached hydrogens (tertiary/aromatic N) is 1. The minimum Gasteiger partial charge on any atom is -0.297 e. The highest BCUT2D eigenvalue weighted by atomic mass is 15.2. The summed E-state index contributed by atoms with van der Waals surface area (Å²) in [4.78, 5) is 2.82. The van der Waals surface area contributed by atoms with Gasteiger partial charge in [-0.05, 0) is 31.6 Å². The fourth-order valence-corrected chi connectivity index (χ4v) is 3.15. The molecule has 2 bridgehead atoms. The zero-order chi connectivity index (χ0) is 9.26. The van der Waals surface area contributed by atoms with Crippen LogP contribution in [0.3, 0.4) is 0 Å². The predicted octanol–water partition coefficient (Wildman–Crippen LogP) is 3.05. The maximum absolute atomic E-state index is 2.82. The van der Waals surface area contributed by atoms with Crippen LogP contribution in [-0.2, 0) is 0 Å². The van der Waals surface area contributed by atoms with Crippen LogP contribution in [0.15, 0.2) is 0 Å². The van der Waals surface area contributed by atoms with Crippen LogP contribution in [-0.4, -0.2) is 23.5 Å². The quantitative estimate of drug-likeness (QED) is 0.633. The first-order valence-corrected chi connectivity index (χ1v) is 6.03. The second-order valence-electron chi connectivity index (χ2n) is 5.26. The lowest BCUT2D eigenvalue weighted by molar-refractivity contribution is 0.0307. The Morgan fingerprint density at radius 2 is 1.46 bits per heavy atom. The van der Waals surface area contributed by atoms with Crippen LogP contribution in [0.2, 0.25) is 0 Å². The van der Waals surface area contributed by atoms with Crippen LogP contribution in [0.5, 0.6) is 0 Å². The van der Waals surface area contributed by atoms with Crippen LogP contribution in [0, 0.1) is 5.92 Å². The first kappa shape index (κ1) is 9.51. The molecule has 0 unspecified atom stereocenters. The van der Waals surface area contributed by atoms with Gasteiger partial charge in [0, 0.05) is 18.6 Å². The summed E-state index contributed by atoms with van der Waals surface area (Å²) in [5, 5.41) is 0. The van der Waals surface area contributed by atoms with Crippen LogP contribution in [0.4, 0.5) is 0 Å². The molecule has 2 rings (SSSR count). The number of rotatable bonds is 2. The Balaban J connectivity index is 1.98. The average molecular weight is 181 g/mol. The summed E-state index contributed by atoms with van der Waals surface area (Å²) in [6, 6.07) is 1.91. The lowest BCUT2D eigenvalue weighted by Crippen LogP contribution is -2.50. The molecule has 2 saturated heterocycles. The average Bonchev–Trinajstić information content (AvgIpc) is 2.02. The summed E-state index contributed by atoms with van der Waals surface area (Å²) in [6.07, 6.45) is 8.88. The maximum Gasteiger partial charge on any atom is 0.00983 e. The van der Waals surface area contributed by atoms with Gasteiger partial charge in [0.2, 0.25) is 0 Å².